The first-order chi connectivity index (χ1) is 7.66. The highest BCUT2D eigenvalue weighted by molar-refractivity contribution is 5.76. The molecule has 2 rings (SSSR count). The Morgan fingerprint density at radius 3 is 3.00 bits per heavy atom. The van der Waals surface area contributed by atoms with Crippen LogP contribution in [0.1, 0.15) is 5.76 Å². The number of imidazole rings is 1. The van der Waals surface area contributed by atoms with Gasteiger partial charge in [-0.15, -0.1) is 0 Å². The van der Waals surface area contributed by atoms with Crippen LogP contribution < -0.4 is 4.57 Å². The molecule has 16 heavy (non-hydrogen) atoms. The van der Waals surface area contributed by atoms with Crippen molar-refractivity contribution in [3.05, 3.63) is 42.9 Å². The second-order valence-electron chi connectivity index (χ2n) is 3.70. The van der Waals surface area contributed by atoms with Crippen LogP contribution in [-0.2, 0) is 13.6 Å². The minimum Gasteiger partial charge on any atom is -0.467 e. The zero-order chi connectivity index (χ0) is 11.5. The quantitative estimate of drug-likeness (QED) is 0.709. The molecule has 0 radical (unpaired) electrons. The predicted molar refractivity (Wildman–Crippen MR) is 56.6 cm³/mol. The monoisotopic (exact) mass is 220 g/mol. The Labute approximate surface area is 93.5 Å². The van der Waals surface area contributed by atoms with Gasteiger partial charge < -0.3 is 4.42 Å². The summed E-state index contributed by atoms with van der Waals surface area (Å²) >= 11 is 0. The molecule has 0 spiro atoms. The van der Waals surface area contributed by atoms with Crippen molar-refractivity contribution >= 4 is 6.03 Å². The van der Waals surface area contributed by atoms with E-state index in [2.05, 4.69) is 0 Å². The number of rotatable bonds is 2. The van der Waals surface area contributed by atoms with Crippen molar-refractivity contribution in [3.63, 3.8) is 0 Å². The summed E-state index contributed by atoms with van der Waals surface area (Å²) in [7, 11) is 3.61. The van der Waals surface area contributed by atoms with Crippen molar-refractivity contribution in [1.82, 2.24) is 9.47 Å². The molecule has 0 aliphatic carbocycles. The highest BCUT2D eigenvalue weighted by Crippen LogP contribution is 2.04. The molecular weight excluding hydrogens is 206 g/mol. The maximum Gasteiger partial charge on any atom is 0.415 e. The van der Waals surface area contributed by atoms with Gasteiger partial charge in [0.1, 0.15) is 18.2 Å². The van der Waals surface area contributed by atoms with E-state index < -0.39 is 0 Å². The minimum atomic E-state index is -0.0861. The molecule has 0 aliphatic heterocycles. The van der Waals surface area contributed by atoms with Gasteiger partial charge in [0.15, 0.2) is 0 Å². The van der Waals surface area contributed by atoms with Gasteiger partial charge >= 0.3 is 6.03 Å². The van der Waals surface area contributed by atoms with Crippen LogP contribution in [0.25, 0.3) is 0 Å². The lowest BCUT2D eigenvalue weighted by atomic mass is 10.4. The molecule has 0 aliphatic rings. The Balaban J connectivity index is 2.05. The fourth-order valence-corrected chi connectivity index (χ4v) is 1.46. The van der Waals surface area contributed by atoms with E-state index in [0.29, 0.717) is 6.54 Å². The van der Waals surface area contributed by atoms with Crippen LogP contribution in [0.3, 0.4) is 0 Å². The molecule has 0 atom stereocenters. The molecule has 5 nitrogen and oxygen atoms in total. The van der Waals surface area contributed by atoms with Crippen molar-refractivity contribution in [2.75, 3.05) is 7.05 Å². The van der Waals surface area contributed by atoms with Crippen LogP contribution in [0, 0.1) is 0 Å². The van der Waals surface area contributed by atoms with Crippen LogP contribution in [-0.4, -0.2) is 22.5 Å². The second-order valence-corrected chi connectivity index (χ2v) is 3.70. The van der Waals surface area contributed by atoms with Crippen molar-refractivity contribution in [2.24, 2.45) is 7.05 Å². The average molecular weight is 220 g/mol. The molecule has 0 unspecified atom stereocenters. The van der Waals surface area contributed by atoms with E-state index in [1.807, 2.05) is 29.9 Å². The van der Waals surface area contributed by atoms with Crippen LogP contribution in [0.4, 0.5) is 4.79 Å². The Bertz CT molecular complexity index is 473. The lowest BCUT2D eigenvalue weighted by Crippen LogP contribution is -2.32. The molecule has 0 aromatic carbocycles. The molecule has 2 aromatic rings. The largest absolute Gasteiger partial charge is 0.467 e. The van der Waals surface area contributed by atoms with Crippen LogP contribution >= 0.6 is 0 Å². The maximum absolute atomic E-state index is 11.9. The summed E-state index contributed by atoms with van der Waals surface area (Å²) < 4.78 is 8.54. The third kappa shape index (κ3) is 2.13. The van der Waals surface area contributed by atoms with Crippen LogP contribution in [0.5, 0.6) is 0 Å². The van der Waals surface area contributed by atoms with Gasteiger partial charge in [0.2, 0.25) is 0 Å². The van der Waals surface area contributed by atoms with Crippen molar-refractivity contribution in [3.8, 4) is 0 Å². The lowest BCUT2D eigenvalue weighted by Gasteiger charge is -2.11. The summed E-state index contributed by atoms with van der Waals surface area (Å²) in [6.07, 6.45) is 6.86. The lowest BCUT2D eigenvalue weighted by molar-refractivity contribution is -0.670. The summed E-state index contributed by atoms with van der Waals surface area (Å²) in [5, 5.41) is 0. The van der Waals surface area contributed by atoms with Gasteiger partial charge in [-0.1, -0.05) is 0 Å². The van der Waals surface area contributed by atoms with Crippen molar-refractivity contribution in [1.29, 1.82) is 0 Å². The number of furan rings is 1. The fourth-order valence-electron chi connectivity index (χ4n) is 1.46. The SMILES string of the molecule is CN(Cc1ccco1)C(=O)n1cc[n+](C)c1. The molecule has 2 aromatic heterocycles. The van der Waals surface area contributed by atoms with E-state index in [4.69, 9.17) is 4.42 Å². The Kier molecular flexibility index (Phi) is 2.76. The van der Waals surface area contributed by atoms with Gasteiger partial charge in [0, 0.05) is 7.05 Å². The smallest absolute Gasteiger partial charge is 0.415 e. The highest BCUT2D eigenvalue weighted by Gasteiger charge is 2.17. The normalized spacial score (nSPS) is 10.4. The fraction of sp³-hybridized carbons (Fsp3) is 0.273. The number of amides is 1. The number of aromatic nitrogens is 2. The van der Waals surface area contributed by atoms with E-state index in [-0.39, 0.29) is 6.03 Å². The van der Waals surface area contributed by atoms with E-state index in [9.17, 15) is 4.79 Å². The Morgan fingerprint density at radius 1 is 1.62 bits per heavy atom. The van der Waals surface area contributed by atoms with E-state index in [0.717, 1.165) is 5.76 Å². The van der Waals surface area contributed by atoms with Crippen molar-refractivity contribution < 1.29 is 13.8 Å². The van der Waals surface area contributed by atoms with Gasteiger partial charge in [-0.05, 0) is 12.1 Å². The number of carbonyl (C=O) groups is 1. The van der Waals surface area contributed by atoms with Crippen molar-refractivity contribution in [2.45, 2.75) is 6.54 Å². The summed E-state index contributed by atoms with van der Waals surface area (Å²) in [5.41, 5.74) is 0. The summed E-state index contributed by atoms with van der Waals surface area (Å²) in [6.45, 7) is 0.466. The maximum atomic E-state index is 11.9. The topological polar surface area (TPSA) is 42.3 Å². The molecule has 0 saturated heterocycles. The molecule has 5 heteroatoms. The first-order valence-corrected chi connectivity index (χ1v) is 4.98. The molecule has 0 fully saturated rings. The molecule has 0 bridgehead atoms. The molecule has 84 valence electrons. The zero-order valence-electron chi connectivity index (χ0n) is 9.33. The number of aryl methyl sites for hydroxylation is 1. The third-order valence-corrected chi connectivity index (χ3v) is 2.29. The highest BCUT2D eigenvalue weighted by atomic mass is 16.3. The van der Waals surface area contributed by atoms with Gasteiger partial charge in [-0.2, -0.15) is 4.57 Å². The Hall–Kier alpha value is -2.04. The molecular formula is C11H14N3O2+. The number of carbonyl (C=O) groups excluding carboxylic acids is 1. The van der Waals surface area contributed by atoms with Gasteiger partial charge in [0.25, 0.3) is 6.33 Å². The molecule has 2 heterocycles. The number of nitrogens with zero attached hydrogens (tertiary/aromatic N) is 3. The minimum absolute atomic E-state index is 0.0861. The van der Waals surface area contributed by atoms with E-state index in [1.165, 1.54) is 4.57 Å². The molecule has 1 amide bonds. The second kappa shape index (κ2) is 4.22. The van der Waals surface area contributed by atoms with Crippen LogP contribution in [0.15, 0.2) is 41.5 Å². The predicted octanol–water partition coefficient (Wildman–Crippen LogP) is 1.01. The molecule has 0 N–H and O–H groups in total. The van der Waals surface area contributed by atoms with Gasteiger partial charge in [0.05, 0.1) is 19.9 Å². The third-order valence-electron chi connectivity index (χ3n) is 2.29. The standard InChI is InChI=1S/C11H14N3O2/c1-12-5-6-14(9-12)11(15)13(2)8-10-4-3-7-16-10/h3-7,9H,8H2,1-2H3/q+1. The first kappa shape index (κ1) is 10.5. The summed E-state index contributed by atoms with van der Waals surface area (Å²) in [6, 6.07) is 3.57. The summed E-state index contributed by atoms with van der Waals surface area (Å²) in [4.78, 5) is 13.5. The molecule has 0 saturated carbocycles. The Morgan fingerprint density at radius 2 is 2.44 bits per heavy atom. The average Bonchev–Trinajstić information content (AvgIpc) is 2.88. The van der Waals surface area contributed by atoms with E-state index in [1.54, 1.807) is 30.7 Å². The number of hydrogen-bond acceptors (Lipinski definition) is 2. The van der Waals surface area contributed by atoms with Gasteiger partial charge in [-0.25, -0.2) is 9.36 Å². The first-order valence-electron chi connectivity index (χ1n) is 4.98. The summed E-state index contributed by atoms with van der Waals surface area (Å²) in [5.74, 6) is 0.771. The number of hydrogen-bond donors (Lipinski definition) is 0. The van der Waals surface area contributed by atoms with E-state index >= 15 is 0 Å². The van der Waals surface area contributed by atoms with Crippen LogP contribution in [0.2, 0.25) is 0 Å². The van der Waals surface area contributed by atoms with Gasteiger partial charge in [-0.3, -0.25) is 4.90 Å². The zero-order valence-corrected chi connectivity index (χ0v) is 9.33.